The first kappa shape index (κ1) is 31.0. The van der Waals surface area contributed by atoms with Gasteiger partial charge in [-0.3, -0.25) is 4.31 Å². The van der Waals surface area contributed by atoms with Crippen LogP contribution in [0.15, 0.2) is 96.0 Å². The van der Waals surface area contributed by atoms with Crippen LogP contribution in [0.25, 0.3) is 10.9 Å². The molecule has 0 fully saturated rings. The molecular weight excluding hydrogens is 615 g/mol. The average Bonchev–Trinajstić information content (AvgIpc) is 3.41. The molecule has 1 amide bonds. The van der Waals surface area contributed by atoms with Crippen molar-refractivity contribution in [2.24, 2.45) is 0 Å². The van der Waals surface area contributed by atoms with Crippen LogP contribution in [0.4, 0.5) is 23.7 Å². The summed E-state index contributed by atoms with van der Waals surface area (Å²) in [6, 6.07) is 17.7. The van der Waals surface area contributed by atoms with E-state index in [0.717, 1.165) is 46.8 Å². The predicted octanol–water partition coefficient (Wildman–Crippen LogP) is 7.66. The lowest BCUT2D eigenvalue weighted by Gasteiger charge is -2.32. The SMILES string of the molecule is C[C@H](c1ccc(F)cc1COC(=O)NCCc1c[nH]c2ccccc12)N(c1cc(F)ccc1F)S(=O)(=O)c1ccc(Cl)cc1. The highest BCUT2D eigenvalue weighted by molar-refractivity contribution is 7.92. The summed E-state index contributed by atoms with van der Waals surface area (Å²) in [6.07, 6.45) is 1.62. The molecule has 12 heteroatoms. The zero-order chi connectivity index (χ0) is 31.4. The van der Waals surface area contributed by atoms with Gasteiger partial charge in [0, 0.05) is 34.7 Å². The maximum Gasteiger partial charge on any atom is 0.407 e. The number of fused-ring (bicyclic) bond motifs is 1. The molecule has 0 aliphatic carbocycles. The standard InChI is InChI=1S/C32H27ClF3N3O4S/c1-20(39(31-17-25(35)9-13-29(31)36)44(41,42)26-10-6-23(33)7-11-26)27-12-8-24(34)16-22(27)19-43-32(40)37-15-14-21-18-38-30-5-3-2-4-28(21)30/h2-13,16-18,20,38H,14-15,19H2,1H3,(H,37,40)/t20-/m1/s1. The Hall–Kier alpha value is -4.48. The third kappa shape index (κ3) is 6.68. The van der Waals surface area contributed by atoms with Crippen molar-refractivity contribution in [2.75, 3.05) is 10.8 Å². The Balaban J connectivity index is 1.38. The van der Waals surface area contributed by atoms with Gasteiger partial charge in [-0.2, -0.15) is 0 Å². The number of amides is 1. The lowest BCUT2D eigenvalue weighted by Crippen LogP contribution is -2.35. The van der Waals surface area contributed by atoms with Crippen LogP contribution in [-0.4, -0.2) is 26.0 Å². The molecule has 1 aromatic heterocycles. The van der Waals surface area contributed by atoms with Gasteiger partial charge >= 0.3 is 6.09 Å². The Labute approximate surface area is 257 Å². The number of sulfonamides is 1. The zero-order valence-corrected chi connectivity index (χ0v) is 24.9. The first-order valence-corrected chi connectivity index (χ1v) is 15.4. The second-order valence-electron chi connectivity index (χ2n) is 9.98. The molecule has 228 valence electrons. The van der Waals surface area contributed by atoms with Gasteiger partial charge in [0.25, 0.3) is 10.0 Å². The largest absolute Gasteiger partial charge is 0.445 e. The number of rotatable bonds is 10. The van der Waals surface area contributed by atoms with Gasteiger partial charge in [-0.15, -0.1) is 0 Å². The average molecular weight is 642 g/mol. The molecule has 0 saturated heterocycles. The van der Waals surface area contributed by atoms with Crippen LogP contribution in [0.1, 0.15) is 29.7 Å². The smallest absolute Gasteiger partial charge is 0.407 e. The first-order chi connectivity index (χ1) is 21.0. The molecule has 0 aliphatic rings. The van der Waals surface area contributed by atoms with Crippen molar-refractivity contribution in [2.45, 2.75) is 30.9 Å². The quantitative estimate of drug-likeness (QED) is 0.164. The van der Waals surface area contributed by atoms with Crippen LogP contribution in [0.2, 0.25) is 5.02 Å². The summed E-state index contributed by atoms with van der Waals surface area (Å²) in [4.78, 5) is 15.5. The summed E-state index contributed by atoms with van der Waals surface area (Å²) in [6.45, 7) is 1.28. The number of aromatic nitrogens is 1. The maximum atomic E-state index is 15.1. The minimum atomic E-state index is -4.51. The lowest BCUT2D eigenvalue weighted by atomic mass is 10.0. The number of aromatic amines is 1. The number of carbonyl (C=O) groups is 1. The molecule has 0 bridgehead atoms. The summed E-state index contributed by atoms with van der Waals surface area (Å²) >= 11 is 5.94. The van der Waals surface area contributed by atoms with Gasteiger partial charge in [-0.1, -0.05) is 35.9 Å². The van der Waals surface area contributed by atoms with Crippen LogP contribution >= 0.6 is 11.6 Å². The van der Waals surface area contributed by atoms with E-state index < -0.39 is 51.9 Å². The molecule has 0 spiro atoms. The number of para-hydroxylation sites is 1. The highest BCUT2D eigenvalue weighted by Gasteiger charge is 2.34. The van der Waals surface area contributed by atoms with E-state index >= 15 is 4.39 Å². The van der Waals surface area contributed by atoms with E-state index in [9.17, 15) is 22.0 Å². The summed E-state index contributed by atoms with van der Waals surface area (Å²) in [5.74, 6) is -2.52. The van der Waals surface area contributed by atoms with Crippen molar-refractivity contribution >= 4 is 44.3 Å². The van der Waals surface area contributed by atoms with Gasteiger partial charge in [-0.05, 0) is 84.6 Å². The number of benzene rings is 4. The molecule has 2 N–H and O–H groups in total. The lowest BCUT2D eigenvalue weighted by molar-refractivity contribution is 0.139. The number of carbonyl (C=O) groups excluding carboxylic acids is 1. The summed E-state index contributed by atoms with van der Waals surface area (Å²) in [5.41, 5.74) is 1.77. The number of alkyl carbamates (subject to hydrolysis) is 1. The van der Waals surface area contributed by atoms with Gasteiger partial charge in [0.15, 0.2) is 0 Å². The van der Waals surface area contributed by atoms with Crippen LogP contribution in [0, 0.1) is 17.5 Å². The van der Waals surface area contributed by atoms with Crippen LogP contribution in [0.5, 0.6) is 0 Å². The fourth-order valence-corrected chi connectivity index (χ4v) is 6.75. The van der Waals surface area contributed by atoms with Crippen molar-refractivity contribution < 1.29 is 31.1 Å². The second-order valence-corrected chi connectivity index (χ2v) is 12.2. The first-order valence-electron chi connectivity index (χ1n) is 13.5. The number of nitrogens with one attached hydrogen (secondary N) is 2. The Bertz CT molecular complexity index is 1920. The highest BCUT2D eigenvalue weighted by Crippen LogP contribution is 2.37. The molecule has 0 saturated carbocycles. The summed E-state index contributed by atoms with van der Waals surface area (Å²) < 4.78 is 77.6. The minimum absolute atomic E-state index is 0.136. The predicted molar refractivity (Wildman–Crippen MR) is 162 cm³/mol. The van der Waals surface area contributed by atoms with E-state index in [2.05, 4.69) is 10.3 Å². The van der Waals surface area contributed by atoms with Crippen molar-refractivity contribution in [3.05, 3.63) is 130 Å². The number of H-pyrrole nitrogens is 1. The number of ether oxygens (including phenoxy) is 1. The molecule has 0 aliphatic heterocycles. The van der Waals surface area contributed by atoms with E-state index in [0.29, 0.717) is 10.7 Å². The van der Waals surface area contributed by atoms with Crippen LogP contribution in [-0.2, 0) is 27.8 Å². The molecule has 7 nitrogen and oxygen atoms in total. The normalized spacial score (nSPS) is 12.2. The van der Waals surface area contributed by atoms with Gasteiger partial charge < -0.3 is 15.0 Å². The van der Waals surface area contributed by atoms with Crippen LogP contribution in [0.3, 0.4) is 0 Å². The number of hydrogen-bond donors (Lipinski definition) is 2. The third-order valence-corrected chi connectivity index (χ3v) is 9.27. The number of anilines is 1. The van der Waals surface area contributed by atoms with Crippen molar-refractivity contribution in [1.82, 2.24) is 10.3 Å². The highest BCUT2D eigenvalue weighted by atomic mass is 35.5. The van der Waals surface area contributed by atoms with E-state index in [4.69, 9.17) is 16.3 Å². The molecule has 0 radical (unpaired) electrons. The molecular formula is C32H27ClF3N3O4S. The summed E-state index contributed by atoms with van der Waals surface area (Å²) in [7, 11) is -4.51. The van der Waals surface area contributed by atoms with Gasteiger partial charge in [0.1, 0.15) is 24.1 Å². The van der Waals surface area contributed by atoms with E-state index in [-0.39, 0.29) is 27.6 Å². The fourth-order valence-electron chi connectivity index (χ4n) is 4.99. The Kier molecular flexibility index (Phi) is 9.17. The molecule has 4 aromatic carbocycles. The Morgan fingerprint density at radius 2 is 1.66 bits per heavy atom. The van der Waals surface area contributed by atoms with E-state index in [1.807, 2.05) is 30.5 Å². The van der Waals surface area contributed by atoms with Crippen molar-refractivity contribution in [1.29, 1.82) is 0 Å². The zero-order valence-electron chi connectivity index (χ0n) is 23.4. The third-order valence-electron chi connectivity index (χ3n) is 7.12. The Morgan fingerprint density at radius 1 is 0.955 bits per heavy atom. The van der Waals surface area contributed by atoms with E-state index in [1.54, 1.807) is 0 Å². The number of halogens is 4. The van der Waals surface area contributed by atoms with E-state index in [1.165, 1.54) is 37.3 Å². The fraction of sp³-hybridized carbons (Fsp3) is 0.156. The molecule has 5 aromatic rings. The number of nitrogens with zero attached hydrogens (tertiary/aromatic N) is 1. The van der Waals surface area contributed by atoms with Gasteiger partial charge in [0.05, 0.1) is 16.6 Å². The van der Waals surface area contributed by atoms with Gasteiger partial charge in [0.2, 0.25) is 0 Å². The molecule has 5 rings (SSSR count). The van der Waals surface area contributed by atoms with Crippen LogP contribution < -0.4 is 9.62 Å². The summed E-state index contributed by atoms with van der Waals surface area (Å²) in [5, 5.41) is 3.97. The number of hydrogen-bond acceptors (Lipinski definition) is 4. The van der Waals surface area contributed by atoms with Crippen molar-refractivity contribution in [3.8, 4) is 0 Å². The topological polar surface area (TPSA) is 91.5 Å². The maximum absolute atomic E-state index is 15.1. The second kappa shape index (κ2) is 13.0. The molecule has 44 heavy (non-hydrogen) atoms. The monoisotopic (exact) mass is 641 g/mol. The molecule has 1 atom stereocenters. The minimum Gasteiger partial charge on any atom is -0.445 e. The van der Waals surface area contributed by atoms with Gasteiger partial charge in [-0.25, -0.2) is 26.4 Å². The van der Waals surface area contributed by atoms with Crippen molar-refractivity contribution in [3.63, 3.8) is 0 Å². The molecule has 1 heterocycles. The Morgan fingerprint density at radius 3 is 2.43 bits per heavy atom. The molecule has 0 unspecified atom stereocenters.